The SMILES string of the molecule is COc1ccc(Cl)cc1C(O)c1ncccn1. The third-order valence-electron chi connectivity index (χ3n) is 2.32. The maximum Gasteiger partial charge on any atom is 0.161 e. The van der Waals surface area contributed by atoms with Crippen molar-refractivity contribution in [3.05, 3.63) is 53.1 Å². The number of ether oxygens (including phenoxy) is 1. The summed E-state index contributed by atoms with van der Waals surface area (Å²) in [4.78, 5) is 8.00. The van der Waals surface area contributed by atoms with Crippen LogP contribution in [0.15, 0.2) is 36.7 Å². The smallest absolute Gasteiger partial charge is 0.161 e. The standard InChI is InChI=1S/C12H11ClN2O2/c1-17-10-4-3-8(13)7-9(10)11(16)12-14-5-2-6-15-12/h2-7,11,16H,1H3. The molecule has 0 saturated carbocycles. The van der Waals surface area contributed by atoms with E-state index in [1.165, 1.54) is 7.11 Å². The quantitative estimate of drug-likeness (QED) is 0.908. The second-order valence-electron chi connectivity index (χ2n) is 3.40. The molecule has 1 aromatic heterocycles. The van der Waals surface area contributed by atoms with Crippen LogP contribution in [0, 0.1) is 0 Å². The summed E-state index contributed by atoms with van der Waals surface area (Å²) in [5, 5.41) is 10.7. The number of rotatable bonds is 3. The fourth-order valence-electron chi connectivity index (χ4n) is 1.51. The van der Waals surface area contributed by atoms with Gasteiger partial charge in [-0.1, -0.05) is 11.6 Å². The Balaban J connectivity index is 2.43. The van der Waals surface area contributed by atoms with Crippen LogP contribution >= 0.6 is 11.6 Å². The number of hydrogen-bond donors (Lipinski definition) is 1. The molecule has 5 heteroatoms. The normalized spacial score (nSPS) is 12.2. The van der Waals surface area contributed by atoms with Gasteiger partial charge in [0.2, 0.25) is 0 Å². The molecule has 0 aliphatic heterocycles. The van der Waals surface area contributed by atoms with E-state index in [1.54, 1.807) is 36.7 Å². The molecule has 0 radical (unpaired) electrons. The molecule has 2 rings (SSSR count). The Labute approximate surface area is 104 Å². The molecule has 1 aromatic carbocycles. The van der Waals surface area contributed by atoms with Gasteiger partial charge in [-0.05, 0) is 24.3 Å². The van der Waals surface area contributed by atoms with Gasteiger partial charge in [0.15, 0.2) is 5.82 Å². The van der Waals surface area contributed by atoms with Gasteiger partial charge < -0.3 is 9.84 Å². The molecule has 0 fully saturated rings. The van der Waals surface area contributed by atoms with Crippen LogP contribution < -0.4 is 4.74 Å². The van der Waals surface area contributed by atoms with E-state index in [0.29, 0.717) is 22.2 Å². The summed E-state index contributed by atoms with van der Waals surface area (Å²) in [6.45, 7) is 0. The highest BCUT2D eigenvalue weighted by atomic mass is 35.5. The zero-order valence-electron chi connectivity index (χ0n) is 9.17. The van der Waals surface area contributed by atoms with Crippen molar-refractivity contribution >= 4 is 11.6 Å². The molecule has 2 aromatic rings. The molecule has 1 heterocycles. The zero-order valence-corrected chi connectivity index (χ0v) is 9.93. The first-order valence-corrected chi connectivity index (χ1v) is 5.38. The van der Waals surface area contributed by atoms with Gasteiger partial charge in [0.25, 0.3) is 0 Å². The molecule has 0 saturated heterocycles. The molecule has 88 valence electrons. The summed E-state index contributed by atoms with van der Waals surface area (Å²) in [5.74, 6) is 0.863. The average Bonchev–Trinajstić information content (AvgIpc) is 2.39. The Hall–Kier alpha value is -1.65. The maximum atomic E-state index is 10.2. The number of benzene rings is 1. The van der Waals surface area contributed by atoms with Gasteiger partial charge in [-0.2, -0.15) is 0 Å². The minimum atomic E-state index is -0.954. The van der Waals surface area contributed by atoms with Crippen molar-refractivity contribution in [2.24, 2.45) is 0 Å². The van der Waals surface area contributed by atoms with E-state index >= 15 is 0 Å². The van der Waals surface area contributed by atoms with Crippen molar-refractivity contribution in [2.75, 3.05) is 7.11 Å². The second-order valence-corrected chi connectivity index (χ2v) is 3.83. The van der Waals surface area contributed by atoms with Gasteiger partial charge in [-0.25, -0.2) is 9.97 Å². The van der Waals surface area contributed by atoms with Crippen molar-refractivity contribution in [1.29, 1.82) is 0 Å². The topological polar surface area (TPSA) is 55.2 Å². The van der Waals surface area contributed by atoms with Crippen LogP contribution in [-0.4, -0.2) is 22.2 Å². The third kappa shape index (κ3) is 2.54. The summed E-state index contributed by atoms with van der Waals surface area (Å²) in [5.41, 5.74) is 0.547. The highest BCUT2D eigenvalue weighted by molar-refractivity contribution is 6.30. The fourth-order valence-corrected chi connectivity index (χ4v) is 1.69. The average molecular weight is 251 g/mol. The van der Waals surface area contributed by atoms with Crippen molar-refractivity contribution in [3.63, 3.8) is 0 Å². The van der Waals surface area contributed by atoms with E-state index < -0.39 is 6.10 Å². The molecular weight excluding hydrogens is 240 g/mol. The van der Waals surface area contributed by atoms with Crippen LogP contribution in [-0.2, 0) is 0 Å². The molecule has 1 N–H and O–H groups in total. The first-order chi connectivity index (χ1) is 8.22. The predicted octanol–water partition coefficient (Wildman–Crippen LogP) is 2.22. The number of aliphatic hydroxyl groups is 1. The summed E-state index contributed by atoms with van der Waals surface area (Å²) in [6.07, 6.45) is 2.19. The van der Waals surface area contributed by atoms with Crippen molar-refractivity contribution in [2.45, 2.75) is 6.10 Å². The highest BCUT2D eigenvalue weighted by Crippen LogP contribution is 2.30. The number of aliphatic hydroxyl groups excluding tert-OH is 1. The van der Waals surface area contributed by atoms with Gasteiger partial charge in [0, 0.05) is 23.0 Å². The Bertz CT molecular complexity index is 505. The molecule has 17 heavy (non-hydrogen) atoms. The summed E-state index contributed by atoms with van der Waals surface area (Å²) in [7, 11) is 1.53. The lowest BCUT2D eigenvalue weighted by Crippen LogP contribution is -2.06. The van der Waals surface area contributed by atoms with Gasteiger partial charge in [-0.3, -0.25) is 0 Å². The van der Waals surface area contributed by atoms with Gasteiger partial charge in [0.05, 0.1) is 7.11 Å². The van der Waals surface area contributed by atoms with E-state index in [9.17, 15) is 5.11 Å². The minimum Gasteiger partial charge on any atom is -0.496 e. The van der Waals surface area contributed by atoms with Gasteiger partial charge in [0.1, 0.15) is 11.9 Å². The Kier molecular flexibility index (Phi) is 3.56. The van der Waals surface area contributed by atoms with Crippen molar-refractivity contribution in [1.82, 2.24) is 9.97 Å². The van der Waals surface area contributed by atoms with E-state index in [-0.39, 0.29) is 0 Å². The fraction of sp³-hybridized carbons (Fsp3) is 0.167. The number of aromatic nitrogens is 2. The number of halogens is 1. The lowest BCUT2D eigenvalue weighted by atomic mass is 10.1. The molecule has 0 spiro atoms. The summed E-state index contributed by atoms with van der Waals surface area (Å²) in [6, 6.07) is 6.72. The highest BCUT2D eigenvalue weighted by Gasteiger charge is 2.17. The molecule has 0 bridgehead atoms. The predicted molar refractivity (Wildman–Crippen MR) is 64.1 cm³/mol. The Morgan fingerprint density at radius 3 is 2.65 bits per heavy atom. The van der Waals surface area contributed by atoms with E-state index in [4.69, 9.17) is 16.3 Å². The van der Waals surface area contributed by atoms with Crippen LogP contribution in [0.5, 0.6) is 5.75 Å². The lowest BCUT2D eigenvalue weighted by Gasteiger charge is -2.13. The lowest BCUT2D eigenvalue weighted by molar-refractivity contribution is 0.204. The van der Waals surface area contributed by atoms with Crippen molar-refractivity contribution < 1.29 is 9.84 Å². The molecule has 0 aliphatic carbocycles. The van der Waals surface area contributed by atoms with E-state index in [2.05, 4.69) is 9.97 Å². The molecular formula is C12H11ClN2O2. The number of hydrogen-bond acceptors (Lipinski definition) is 4. The Morgan fingerprint density at radius 2 is 2.00 bits per heavy atom. The van der Waals surface area contributed by atoms with Crippen LogP contribution in [0.25, 0.3) is 0 Å². The summed E-state index contributed by atoms with van der Waals surface area (Å²) >= 11 is 5.90. The summed E-state index contributed by atoms with van der Waals surface area (Å²) < 4.78 is 5.17. The van der Waals surface area contributed by atoms with Crippen LogP contribution in [0.3, 0.4) is 0 Å². The van der Waals surface area contributed by atoms with Gasteiger partial charge in [-0.15, -0.1) is 0 Å². The third-order valence-corrected chi connectivity index (χ3v) is 2.55. The second kappa shape index (κ2) is 5.12. The molecule has 1 unspecified atom stereocenters. The van der Waals surface area contributed by atoms with Crippen LogP contribution in [0.2, 0.25) is 5.02 Å². The van der Waals surface area contributed by atoms with Gasteiger partial charge >= 0.3 is 0 Å². The van der Waals surface area contributed by atoms with E-state index in [1.807, 2.05) is 0 Å². The number of nitrogens with zero attached hydrogens (tertiary/aromatic N) is 2. The van der Waals surface area contributed by atoms with Crippen molar-refractivity contribution in [3.8, 4) is 5.75 Å². The minimum absolute atomic E-state index is 0.313. The Morgan fingerprint density at radius 1 is 1.29 bits per heavy atom. The first-order valence-electron chi connectivity index (χ1n) is 5.01. The zero-order chi connectivity index (χ0) is 12.3. The number of methoxy groups -OCH3 is 1. The van der Waals surface area contributed by atoms with E-state index in [0.717, 1.165) is 0 Å². The maximum absolute atomic E-state index is 10.2. The largest absolute Gasteiger partial charge is 0.496 e. The molecule has 0 amide bonds. The molecule has 4 nitrogen and oxygen atoms in total. The monoisotopic (exact) mass is 250 g/mol. The molecule has 0 aliphatic rings. The van der Waals surface area contributed by atoms with Crippen LogP contribution in [0.1, 0.15) is 17.5 Å². The van der Waals surface area contributed by atoms with Crippen LogP contribution in [0.4, 0.5) is 0 Å². The first kappa shape index (κ1) is 11.8. The molecule has 1 atom stereocenters.